The Morgan fingerprint density at radius 2 is 2.31 bits per heavy atom. The molecule has 1 saturated heterocycles. The van der Waals surface area contributed by atoms with E-state index in [1.165, 1.54) is 0 Å². The topological polar surface area (TPSA) is 85.1 Å². The molecule has 1 aromatic rings. The van der Waals surface area contributed by atoms with Gasteiger partial charge in [0.15, 0.2) is 15.7 Å². The molecular weight excluding hydrogens is 230 g/mol. The van der Waals surface area contributed by atoms with E-state index < -0.39 is 9.84 Å². The molecule has 2 rings (SSSR count). The highest BCUT2D eigenvalue weighted by atomic mass is 32.2. The van der Waals surface area contributed by atoms with E-state index in [1.54, 1.807) is 0 Å². The molecule has 0 amide bonds. The molecule has 1 atom stereocenters. The predicted molar refractivity (Wildman–Crippen MR) is 57.7 cm³/mol. The molecule has 2 heterocycles. The summed E-state index contributed by atoms with van der Waals surface area (Å²) in [6.07, 6.45) is 2.08. The molecule has 1 unspecified atom stereocenters. The Morgan fingerprint density at radius 1 is 1.56 bits per heavy atom. The van der Waals surface area contributed by atoms with Gasteiger partial charge in [-0.1, -0.05) is 5.16 Å². The van der Waals surface area contributed by atoms with Crippen LogP contribution in [0.2, 0.25) is 0 Å². The van der Waals surface area contributed by atoms with E-state index in [0.717, 1.165) is 25.8 Å². The second-order valence-electron chi connectivity index (χ2n) is 4.57. The molecule has 1 aliphatic rings. The fraction of sp³-hybridized carbons (Fsp3) is 0.778. The molecular formula is C9H15N3O3S. The minimum atomic E-state index is -3.11. The molecule has 0 radical (unpaired) electrons. The van der Waals surface area contributed by atoms with Crippen molar-refractivity contribution in [1.29, 1.82) is 0 Å². The van der Waals surface area contributed by atoms with E-state index >= 15 is 0 Å². The van der Waals surface area contributed by atoms with Crippen molar-refractivity contribution in [3.8, 4) is 0 Å². The molecule has 16 heavy (non-hydrogen) atoms. The third kappa shape index (κ3) is 2.41. The molecule has 1 aliphatic heterocycles. The first-order valence-corrected chi connectivity index (χ1v) is 7.17. The third-order valence-corrected chi connectivity index (χ3v) is 3.53. The van der Waals surface area contributed by atoms with Crippen LogP contribution < -0.4 is 5.32 Å². The van der Waals surface area contributed by atoms with Crippen LogP contribution in [0, 0.1) is 0 Å². The monoisotopic (exact) mass is 245 g/mol. The number of sulfone groups is 1. The van der Waals surface area contributed by atoms with Crippen molar-refractivity contribution in [3.05, 3.63) is 11.7 Å². The van der Waals surface area contributed by atoms with E-state index in [0.29, 0.717) is 5.89 Å². The lowest BCUT2D eigenvalue weighted by atomic mass is 9.90. The van der Waals surface area contributed by atoms with Crippen LogP contribution in [0.1, 0.15) is 25.1 Å². The second-order valence-corrected chi connectivity index (χ2v) is 6.71. The fourth-order valence-corrected chi connectivity index (χ4v) is 2.38. The lowest BCUT2D eigenvalue weighted by Crippen LogP contribution is -2.25. The fourth-order valence-electron chi connectivity index (χ4n) is 1.79. The van der Waals surface area contributed by atoms with Crippen molar-refractivity contribution in [2.24, 2.45) is 0 Å². The van der Waals surface area contributed by atoms with Crippen molar-refractivity contribution in [2.45, 2.75) is 24.5 Å². The van der Waals surface area contributed by atoms with E-state index in [-0.39, 0.29) is 17.0 Å². The predicted octanol–water partition coefficient (Wildman–Crippen LogP) is -0.135. The minimum absolute atomic E-state index is 0.164. The van der Waals surface area contributed by atoms with Gasteiger partial charge in [0, 0.05) is 12.8 Å². The van der Waals surface area contributed by atoms with E-state index in [2.05, 4.69) is 15.5 Å². The van der Waals surface area contributed by atoms with Gasteiger partial charge < -0.3 is 9.84 Å². The average Bonchev–Trinajstić information content (AvgIpc) is 2.72. The smallest absolute Gasteiger partial charge is 0.233 e. The highest BCUT2D eigenvalue weighted by molar-refractivity contribution is 7.89. The Labute approximate surface area is 94.3 Å². The zero-order chi connectivity index (χ0) is 11.8. The highest BCUT2D eigenvalue weighted by Crippen LogP contribution is 2.28. The summed E-state index contributed by atoms with van der Waals surface area (Å²) in [7, 11) is -3.11. The molecule has 1 aromatic heterocycles. The molecule has 90 valence electrons. The summed E-state index contributed by atoms with van der Waals surface area (Å²) in [6, 6.07) is 0. The molecule has 0 aromatic carbocycles. The van der Waals surface area contributed by atoms with Crippen LogP contribution in [0.15, 0.2) is 4.52 Å². The van der Waals surface area contributed by atoms with E-state index in [4.69, 9.17) is 4.52 Å². The van der Waals surface area contributed by atoms with Crippen molar-refractivity contribution in [1.82, 2.24) is 15.5 Å². The van der Waals surface area contributed by atoms with Gasteiger partial charge in [0.2, 0.25) is 5.89 Å². The lowest BCUT2D eigenvalue weighted by molar-refractivity contribution is 0.305. The van der Waals surface area contributed by atoms with E-state index in [9.17, 15) is 8.42 Å². The maximum Gasteiger partial charge on any atom is 0.233 e. The molecule has 0 aliphatic carbocycles. The van der Waals surface area contributed by atoms with Gasteiger partial charge in [-0.2, -0.15) is 4.98 Å². The van der Waals surface area contributed by atoms with Crippen molar-refractivity contribution in [3.63, 3.8) is 0 Å². The Kier molecular flexibility index (Phi) is 2.75. The Balaban J connectivity index is 2.19. The number of nitrogens with zero attached hydrogens (tertiary/aromatic N) is 2. The molecule has 0 spiro atoms. The van der Waals surface area contributed by atoms with Crippen molar-refractivity contribution in [2.75, 3.05) is 19.3 Å². The van der Waals surface area contributed by atoms with Crippen LogP contribution in [0.3, 0.4) is 0 Å². The largest absolute Gasteiger partial charge is 0.339 e. The van der Waals surface area contributed by atoms with Crippen LogP contribution in [0.4, 0.5) is 0 Å². The first kappa shape index (κ1) is 11.5. The van der Waals surface area contributed by atoms with Crippen molar-refractivity contribution < 1.29 is 12.9 Å². The first-order chi connectivity index (χ1) is 7.39. The normalized spacial score (nSPS) is 26.1. The number of nitrogens with one attached hydrogen (secondary N) is 1. The van der Waals surface area contributed by atoms with Gasteiger partial charge in [0.25, 0.3) is 0 Å². The van der Waals surface area contributed by atoms with Gasteiger partial charge in [-0.25, -0.2) is 8.42 Å². The Bertz CT molecular complexity index is 474. The lowest BCUT2D eigenvalue weighted by Gasteiger charge is -2.15. The van der Waals surface area contributed by atoms with Gasteiger partial charge in [0.1, 0.15) is 5.75 Å². The standard InChI is InChI=1S/C9H15N3O3S/c1-9(3-4-10-6-9)8-11-7(12-15-8)5-16(2,13)14/h10H,3-6H2,1-2H3. The Hall–Kier alpha value is -0.950. The zero-order valence-electron chi connectivity index (χ0n) is 9.36. The van der Waals surface area contributed by atoms with Gasteiger partial charge in [0.05, 0.1) is 5.41 Å². The van der Waals surface area contributed by atoms with Crippen LogP contribution in [-0.4, -0.2) is 37.9 Å². The van der Waals surface area contributed by atoms with Crippen LogP contribution in [-0.2, 0) is 21.0 Å². The summed E-state index contributed by atoms with van der Waals surface area (Å²) in [5.74, 6) is 0.599. The zero-order valence-corrected chi connectivity index (χ0v) is 10.2. The number of rotatable bonds is 3. The maximum absolute atomic E-state index is 11.1. The molecule has 6 nitrogen and oxygen atoms in total. The minimum Gasteiger partial charge on any atom is -0.339 e. The maximum atomic E-state index is 11.1. The quantitative estimate of drug-likeness (QED) is 0.798. The molecule has 1 N–H and O–H groups in total. The summed E-state index contributed by atoms with van der Waals surface area (Å²) in [4.78, 5) is 4.15. The van der Waals surface area contributed by atoms with E-state index in [1.807, 2.05) is 6.92 Å². The van der Waals surface area contributed by atoms with Gasteiger partial charge >= 0.3 is 0 Å². The molecule has 0 bridgehead atoms. The van der Waals surface area contributed by atoms with Gasteiger partial charge in [-0.3, -0.25) is 0 Å². The molecule has 1 fully saturated rings. The molecule has 0 saturated carbocycles. The summed E-state index contributed by atoms with van der Waals surface area (Å²) in [6.45, 7) is 3.73. The van der Waals surface area contributed by atoms with Gasteiger partial charge in [-0.15, -0.1) is 0 Å². The summed E-state index contributed by atoms with van der Waals surface area (Å²) in [5, 5.41) is 6.92. The van der Waals surface area contributed by atoms with Crippen LogP contribution in [0.5, 0.6) is 0 Å². The number of hydrogen-bond acceptors (Lipinski definition) is 6. The van der Waals surface area contributed by atoms with Gasteiger partial charge in [-0.05, 0) is 19.9 Å². The summed E-state index contributed by atoms with van der Waals surface area (Å²) >= 11 is 0. The first-order valence-electron chi connectivity index (χ1n) is 5.11. The highest BCUT2D eigenvalue weighted by Gasteiger charge is 2.36. The Morgan fingerprint density at radius 3 is 2.88 bits per heavy atom. The summed E-state index contributed by atoms with van der Waals surface area (Å²) in [5.41, 5.74) is -0.164. The second kappa shape index (κ2) is 3.81. The third-order valence-electron chi connectivity index (χ3n) is 2.74. The van der Waals surface area contributed by atoms with Crippen LogP contribution >= 0.6 is 0 Å². The number of aromatic nitrogens is 2. The van der Waals surface area contributed by atoms with Crippen molar-refractivity contribution >= 4 is 9.84 Å². The SMILES string of the molecule is CC1(c2nc(CS(C)(=O)=O)no2)CCNC1. The molecule has 7 heteroatoms. The summed E-state index contributed by atoms with van der Waals surface area (Å²) < 4.78 is 27.3. The average molecular weight is 245 g/mol. The number of hydrogen-bond donors (Lipinski definition) is 1. The van der Waals surface area contributed by atoms with Crippen LogP contribution in [0.25, 0.3) is 0 Å².